The Morgan fingerprint density at radius 2 is 1.62 bits per heavy atom. The minimum absolute atomic E-state index is 0.769. The van der Waals surface area contributed by atoms with E-state index in [1.807, 2.05) is 36.4 Å². The lowest BCUT2D eigenvalue weighted by Crippen LogP contribution is -2.03. The third kappa shape index (κ3) is 4.56. The highest BCUT2D eigenvalue weighted by molar-refractivity contribution is 5.57. The van der Waals surface area contributed by atoms with Crippen molar-refractivity contribution >= 4 is 11.8 Å². The summed E-state index contributed by atoms with van der Waals surface area (Å²) in [5, 5.41) is 3.39. The Bertz CT molecular complexity index is 584. The quantitative estimate of drug-likeness (QED) is 0.861. The van der Waals surface area contributed by atoms with Crippen LogP contribution in [0, 0.1) is 0 Å². The van der Waals surface area contributed by atoms with Gasteiger partial charge in [0.25, 0.3) is 0 Å². The molecule has 3 heteroatoms. The second-order valence-corrected chi connectivity index (χ2v) is 4.86. The Balaban J connectivity index is 2.04. The lowest BCUT2D eigenvalue weighted by atomic mass is 10.1. The zero-order valence-electron chi connectivity index (χ0n) is 12.7. The number of rotatable bonds is 6. The van der Waals surface area contributed by atoms with Crippen molar-refractivity contribution in [3.05, 3.63) is 59.7 Å². The zero-order chi connectivity index (χ0) is 15.1. The second-order valence-electron chi connectivity index (χ2n) is 4.86. The van der Waals surface area contributed by atoms with E-state index in [1.54, 1.807) is 14.2 Å². The van der Waals surface area contributed by atoms with Gasteiger partial charge in [0.05, 0.1) is 14.2 Å². The lowest BCUT2D eigenvalue weighted by molar-refractivity contribution is 0.394. The number of nitrogens with one attached hydrogen (secondary N) is 1. The molecule has 0 aliphatic rings. The third-order valence-corrected chi connectivity index (χ3v) is 3.14. The van der Waals surface area contributed by atoms with Crippen LogP contribution in [-0.2, 0) is 0 Å². The molecular formula is C18H21NO2. The van der Waals surface area contributed by atoms with Crippen LogP contribution in [0.2, 0.25) is 0 Å². The molecule has 0 unspecified atom stereocenters. The van der Waals surface area contributed by atoms with Crippen molar-refractivity contribution in [3.8, 4) is 11.5 Å². The highest BCUT2D eigenvalue weighted by Gasteiger charge is 2.01. The van der Waals surface area contributed by atoms with E-state index in [0.29, 0.717) is 0 Å². The summed E-state index contributed by atoms with van der Waals surface area (Å²) >= 11 is 0. The smallest absolute Gasteiger partial charge is 0.124 e. The normalized spacial score (nSPS) is 11.1. The minimum Gasteiger partial charge on any atom is -0.497 e. The SMILES string of the molecule is COc1cc(NCC(C)=Cc2ccccc2)cc(OC)c1. The van der Waals surface area contributed by atoms with E-state index >= 15 is 0 Å². The fourth-order valence-corrected chi connectivity index (χ4v) is 2.04. The van der Waals surface area contributed by atoms with Crippen LogP contribution in [0.1, 0.15) is 12.5 Å². The highest BCUT2D eigenvalue weighted by Crippen LogP contribution is 2.25. The van der Waals surface area contributed by atoms with E-state index in [0.717, 1.165) is 23.7 Å². The summed E-state index contributed by atoms with van der Waals surface area (Å²) < 4.78 is 10.5. The van der Waals surface area contributed by atoms with Crippen LogP contribution in [0.4, 0.5) is 5.69 Å². The first kappa shape index (κ1) is 15.0. The fraction of sp³-hybridized carbons (Fsp3) is 0.222. The molecular weight excluding hydrogens is 262 g/mol. The average Bonchev–Trinajstić information content (AvgIpc) is 2.53. The maximum atomic E-state index is 5.27. The van der Waals surface area contributed by atoms with Crippen LogP contribution in [-0.4, -0.2) is 20.8 Å². The first-order valence-corrected chi connectivity index (χ1v) is 6.90. The second kappa shape index (κ2) is 7.39. The van der Waals surface area contributed by atoms with Crippen molar-refractivity contribution in [2.45, 2.75) is 6.92 Å². The van der Waals surface area contributed by atoms with Crippen molar-refractivity contribution in [2.75, 3.05) is 26.1 Å². The largest absolute Gasteiger partial charge is 0.497 e. The summed E-state index contributed by atoms with van der Waals surface area (Å²) in [4.78, 5) is 0. The Hall–Kier alpha value is -2.42. The maximum Gasteiger partial charge on any atom is 0.124 e. The molecule has 1 N–H and O–H groups in total. The molecule has 2 rings (SSSR count). The van der Waals surface area contributed by atoms with Crippen LogP contribution in [0.3, 0.4) is 0 Å². The molecule has 0 saturated carbocycles. The van der Waals surface area contributed by atoms with Gasteiger partial charge in [0, 0.05) is 30.4 Å². The van der Waals surface area contributed by atoms with Crippen LogP contribution in [0.25, 0.3) is 6.08 Å². The molecule has 3 nitrogen and oxygen atoms in total. The third-order valence-electron chi connectivity index (χ3n) is 3.14. The number of ether oxygens (including phenoxy) is 2. The van der Waals surface area contributed by atoms with Crippen molar-refractivity contribution < 1.29 is 9.47 Å². The first-order valence-electron chi connectivity index (χ1n) is 6.90. The number of benzene rings is 2. The van der Waals surface area contributed by atoms with Gasteiger partial charge in [0.1, 0.15) is 11.5 Å². The van der Waals surface area contributed by atoms with Gasteiger partial charge in [-0.2, -0.15) is 0 Å². The highest BCUT2D eigenvalue weighted by atomic mass is 16.5. The van der Waals surface area contributed by atoms with E-state index in [-0.39, 0.29) is 0 Å². The van der Waals surface area contributed by atoms with Gasteiger partial charge in [-0.05, 0) is 12.5 Å². The predicted molar refractivity (Wildman–Crippen MR) is 88.1 cm³/mol. The minimum atomic E-state index is 0.769. The molecule has 0 spiro atoms. The van der Waals surface area contributed by atoms with Gasteiger partial charge >= 0.3 is 0 Å². The molecule has 0 heterocycles. The van der Waals surface area contributed by atoms with E-state index in [1.165, 1.54) is 11.1 Å². The number of methoxy groups -OCH3 is 2. The summed E-state index contributed by atoms with van der Waals surface area (Å²) in [6.45, 7) is 2.88. The zero-order valence-corrected chi connectivity index (χ0v) is 12.7. The van der Waals surface area contributed by atoms with Crippen LogP contribution in [0.5, 0.6) is 11.5 Å². The molecule has 0 atom stereocenters. The van der Waals surface area contributed by atoms with Crippen molar-refractivity contribution in [1.29, 1.82) is 0 Å². The molecule has 0 fully saturated rings. The summed E-state index contributed by atoms with van der Waals surface area (Å²) in [5.41, 5.74) is 3.44. The Kier molecular flexibility index (Phi) is 5.27. The molecule has 0 aliphatic carbocycles. The molecule has 0 radical (unpaired) electrons. The summed E-state index contributed by atoms with van der Waals surface area (Å²) in [7, 11) is 3.30. The van der Waals surface area contributed by atoms with Gasteiger partial charge in [-0.15, -0.1) is 0 Å². The van der Waals surface area contributed by atoms with Crippen molar-refractivity contribution in [2.24, 2.45) is 0 Å². The number of hydrogen-bond donors (Lipinski definition) is 1. The topological polar surface area (TPSA) is 30.5 Å². The van der Waals surface area contributed by atoms with Crippen molar-refractivity contribution in [1.82, 2.24) is 0 Å². The van der Waals surface area contributed by atoms with Crippen LogP contribution < -0.4 is 14.8 Å². The molecule has 0 aliphatic heterocycles. The Morgan fingerprint density at radius 3 is 2.19 bits per heavy atom. The van der Waals surface area contributed by atoms with E-state index in [4.69, 9.17) is 9.47 Å². The average molecular weight is 283 g/mol. The number of hydrogen-bond acceptors (Lipinski definition) is 3. The van der Waals surface area contributed by atoms with Gasteiger partial charge in [0.2, 0.25) is 0 Å². The number of anilines is 1. The van der Waals surface area contributed by atoms with Gasteiger partial charge in [-0.25, -0.2) is 0 Å². The van der Waals surface area contributed by atoms with Gasteiger partial charge < -0.3 is 14.8 Å². The monoisotopic (exact) mass is 283 g/mol. The van der Waals surface area contributed by atoms with Gasteiger partial charge in [0.15, 0.2) is 0 Å². The Labute approximate surface area is 126 Å². The summed E-state index contributed by atoms with van der Waals surface area (Å²) in [5.74, 6) is 1.56. The maximum absolute atomic E-state index is 5.27. The molecule has 0 bridgehead atoms. The van der Waals surface area contributed by atoms with E-state index in [9.17, 15) is 0 Å². The molecule has 0 amide bonds. The molecule has 110 valence electrons. The van der Waals surface area contributed by atoms with Crippen LogP contribution >= 0.6 is 0 Å². The molecule has 0 aromatic heterocycles. The van der Waals surface area contributed by atoms with Crippen LogP contribution in [0.15, 0.2) is 54.1 Å². The molecule has 2 aromatic rings. The first-order chi connectivity index (χ1) is 10.2. The summed E-state index contributed by atoms with van der Waals surface area (Å²) in [6, 6.07) is 16.1. The molecule has 21 heavy (non-hydrogen) atoms. The standard InChI is InChI=1S/C18H21NO2/c1-14(9-15-7-5-4-6-8-15)13-19-16-10-17(20-2)12-18(11-16)21-3/h4-12,19H,13H2,1-3H3. The molecule has 2 aromatic carbocycles. The van der Waals surface area contributed by atoms with E-state index in [2.05, 4.69) is 30.4 Å². The fourth-order valence-electron chi connectivity index (χ4n) is 2.04. The lowest BCUT2D eigenvalue weighted by Gasteiger charge is -2.11. The van der Waals surface area contributed by atoms with Gasteiger partial charge in [-0.3, -0.25) is 0 Å². The summed E-state index contributed by atoms with van der Waals surface area (Å²) in [6.07, 6.45) is 2.17. The Morgan fingerprint density at radius 1 is 1.00 bits per heavy atom. The van der Waals surface area contributed by atoms with Crippen molar-refractivity contribution in [3.63, 3.8) is 0 Å². The van der Waals surface area contributed by atoms with Gasteiger partial charge in [-0.1, -0.05) is 42.0 Å². The predicted octanol–water partition coefficient (Wildman–Crippen LogP) is 4.22. The van der Waals surface area contributed by atoms with E-state index < -0.39 is 0 Å². The molecule has 0 saturated heterocycles.